The van der Waals surface area contributed by atoms with E-state index < -0.39 is 20.9 Å². The molecule has 1 aromatic heterocycles. The summed E-state index contributed by atoms with van der Waals surface area (Å²) < 4.78 is 27.1. The number of rotatable bonds is 5. The van der Waals surface area contributed by atoms with Crippen LogP contribution in [0.25, 0.3) is 0 Å². The van der Waals surface area contributed by atoms with E-state index >= 15 is 0 Å². The number of pyridine rings is 1. The van der Waals surface area contributed by atoms with Crippen molar-refractivity contribution in [3.8, 4) is 0 Å². The van der Waals surface area contributed by atoms with Crippen LogP contribution < -0.4 is 5.32 Å². The number of anilines is 1. The molecule has 1 aromatic carbocycles. The summed E-state index contributed by atoms with van der Waals surface area (Å²) in [7, 11) is -3.84. The predicted molar refractivity (Wildman–Crippen MR) is 103 cm³/mol. The SMILES string of the molecule is O=C(Nc1ccncc1[N+](=O)[O-])c1ccc(Cl)c(S(=O)(=O)N2CCCCC2)c1. The highest BCUT2D eigenvalue weighted by atomic mass is 35.5. The summed E-state index contributed by atoms with van der Waals surface area (Å²) >= 11 is 6.10. The summed E-state index contributed by atoms with van der Waals surface area (Å²) in [6, 6.07) is 5.17. The maximum Gasteiger partial charge on any atom is 0.310 e. The smallest absolute Gasteiger partial charge is 0.310 e. The van der Waals surface area contributed by atoms with Crippen molar-refractivity contribution < 1.29 is 18.1 Å². The van der Waals surface area contributed by atoms with E-state index in [0.717, 1.165) is 25.5 Å². The minimum atomic E-state index is -3.84. The molecule has 0 spiro atoms. The van der Waals surface area contributed by atoms with Gasteiger partial charge in [-0.15, -0.1) is 0 Å². The van der Waals surface area contributed by atoms with E-state index in [0.29, 0.717) is 13.1 Å². The Bertz CT molecular complexity index is 1020. The molecular formula is C17H17ClN4O5S. The lowest BCUT2D eigenvalue weighted by atomic mass is 10.2. The first-order chi connectivity index (χ1) is 13.3. The zero-order valence-electron chi connectivity index (χ0n) is 14.7. The number of nitrogens with zero attached hydrogens (tertiary/aromatic N) is 3. The van der Waals surface area contributed by atoms with Gasteiger partial charge in [0, 0.05) is 24.8 Å². The van der Waals surface area contributed by atoms with Crippen molar-refractivity contribution in [3.63, 3.8) is 0 Å². The Hall–Kier alpha value is -2.56. The van der Waals surface area contributed by atoms with E-state index in [4.69, 9.17) is 11.6 Å². The van der Waals surface area contributed by atoms with Crippen LogP contribution in [0.15, 0.2) is 41.6 Å². The molecule has 1 amide bonds. The van der Waals surface area contributed by atoms with Crippen LogP contribution in [0, 0.1) is 10.1 Å². The third-order valence-electron chi connectivity index (χ3n) is 4.37. The van der Waals surface area contributed by atoms with Crippen LogP contribution in [0.3, 0.4) is 0 Å². The first-order valence-electron chi connectivity index (χ1n) is 8.50. The Kier molecular flexibility index (Phi) is 5.92. The lowest BCUT2D eigenvalue weighted by molar-refractivity contribution is -0.384. The second-order valence-electron chi connectivity index (χ2n) is 6.21. The highest BCUT2D eigenvalue weighted by molar-refractivity contribution is 7.89. The van der Waals surface area contributed by atoms with Gasteiger partial charge in [-0.1, -0.05) is 18.0 Å². The van der Waals surface area contributed by atoms with Crippen LogP contribution in [0.5, 0.6) is 0 Å². The van der Waals surface area contributed by atoms with Gasteiger partial charge in [0.05, 0.1) is 9.95 Å². The van der Waals surface area contributed by atoms with Crippen LogP contribution in [0.1, 0.15) is 29.6 Å². The molecule has 0 radical (unpaired) electrons. The Morgan fingerprint density at radius 2 is 1.93 bits per heavy atom. The number of nitrogens with one attached hydrogen (secondary N) is 1. The molecule has 1 aliphatic rings. The zero-order chi connectivity index (χ0) is 20.3. The molecule has 28 heavy (non-hydrogen) atoms. The number of amides is 1. The lowest BCUT2D eigenvalue weighted by Gasteiger charge is -2.26. The number of halogens is 1. The minimum Gasteiger partial charge on any atom is -0.316 e. The van der Waals surface area contributed by atoms with Crippen LogP contribution in [-0.2, 0) is 10.0 Å². The quantitative estimate of drug-likeness (QED) is 0.581. The normalized spacial score (nSPS) is 15.2. The van der Waals surface area contributed by atoms with Gasteiger partial charge in [-0.3, -0.25) is 19.9 Å². The van der Waals surface area contributed by atoms with Crippen molar-refractivity contribution in [1.29, 1.82) is 0 Å². The molecule has 0 unspecified atom stereocenters. The molecule has 1 fully saturated rings. The highest BCUT2D eigenvalue weighted by Gasteiger charge is 2.29. The molecule has 0 saturated carbocycles. The monoisotopic (exact) mass is 424 g/mol. The van der Waals surface area contributed by atoms with Crippen molar-refractivity contribution in [1.82, 2.24) is 9.29 Å². The van der Waals surface area contributed by atoms with Crippen molar-refractivity contribution in [2.75, 3.05) is 18.4 Å². The number of benzene rings is 1. The maximum atomic E-state index is 12.9. The Morgan fingerprint density at radius 3 is 2.61 bits per heavy atom. The second kappa shape index (κ2) is 8.21. The van der Waals surface area contributed by atoms with Crippen LogP contribution in [0.4, 0.5) is 11.4 Å². The van der Waals surface area contributed by atoms with Gasteiger partial charge in [0.15, 0.2) is 0 Å². The average Bonchev–Trinajstić information content (AvgIpc) is 2.69. The summed E-state index contributed by atoms with van der Waals surface area (Å²) in [5, 5.41) is 13.5. The van der Waals surface area contributed by atoms with Gasteiger partial charge in [-0.2, -0.15) is 4.31 Å². The first kappa shape index (κ1) is 20.2. The molecule has 3 rings (SSSR count). The minimum absolute atomic E-state index is 0.0111. The summed E-state index contributed by atoms with van der Waals surface area (Å²) in [4.78, 5) is 26.4. The van der Waals surface area contributed by atoms with Gasteiger partial charge < -0.3 is 5.32 Å². The standard InChI is InChI=1S/C17H17ClN4O5S/c18-13-5-4-12(10-16(13)28(26,27)21-8-2-1-3-9-21)17(23)20-14-6-7-19-11-15(14)22(24)25/h4-7,10-11H,1-3,8-9H2,(H,19,20,23). The van der Waals surface area contributed by atoms with Crippen LogP contribution in [0.2, 0.25) is 5.02 Å². The third kappa shape index (κ3) is 4.13. The van der Waals surface area contributed by atoms with Gasteiger partial charge >= 0.3 is 5.69 Å². The largest absolute Gasteiger partial charge is 0.316 e. The van der Waals surface area contributed by atoms with Crippen molar-refractivity contribution >= 4 is 38.9 Å². The molecule has 1 aliphatic heterocycles. The van der Waals surface area contributed by atoms with E-state index in [1.54, 1.807) is 0 Å². The zero-order valence-corrected chi connectivity index (χ0v) is 16.2. The lowest BCUT2D eigenvalue weighted by Crippen LogP contribution is -2.35. The molecule has 148 valence electrons. The number of sulfonamides is 1. The first-order valence-corrected chi connectivity index (χ1v) is 10.3. The number of nitro groups is 1. The van der Waals surface area contributed by atoms with E-state index in [9.17, 15) is 23.3 Å². The Morgan fingerprint density at radius 1 is 1.21 bits per heavy atom. The molecule has 2 aromatic rings. The van der Waals surface area contributed by atoms with E-state index in [2.05, 4.69) is 10.3 Å². The Labute approximate surface area is 166 Å². The molecule has 1 N–H and O–H groups in total. The fourth-order valence-electron chi connectivity index (χ4n) is 2.92. The van der Waals surface area contributed by atoms with Gasteiger partial charge in [-0.25, -0.2) is 8.42 Å². The third-order valence-corrected chi connectivity index (χ3v) is 6.75. The Balaban J connectivity index is 1.91. The fraction of sp³-hybridized carbons (Fsp3) is 0.294. The summed E-state index contributed by atoms with van der Waals surface area (Å²) in [6.07, 6.45) is 4.82. The molecule has 2 heterocycles. The van der Waals surface area contributed by atoms with E-state index in [-0.39, 0.29) is 26.9 Å². The number of hydrogen-bond acceptors (Lipinski definition) is 6. The highest BCUT2D eigenvalue weighted by Crippen LogP contribution is 2.29. The topological polar surface area (TPSA) is 123 Å². The molecule has 9 nitrogen and oxygen atoms in total. The summed E-state index contributed by atoms with van der Waals surface area (Å²) in [5.74, 6) is -0.693. The van der Waals surface area contributed by atoms with Gasteiger partial charge in [0.25, 0.3) is 5.91 Å². The van der Waals surface area contributed by atoms with Crippen molar-refractivity contribution in [3.05, 3.63) is 57.4 Å². The van der Waals surface area contributed by atoms with Crippen LogP contribution >= 0.6 is 11.6 Å². The van der Waals surface area contributed by atoms with E-state index in [1.165, 1.54) is 34.8 Å². The number of piperidine rings is 1. The molecule has 0 atom stereocenters. The average molecular weight is 425 g/mol. The number of aromatic nitrogens is 1. The van der Waals surface area contributed by atoms with Gasteiger partial charge in [-0.05, 0) is 37.1 Å². The van der Waals surface area contributed by atoms with Crippen molar-refractivity contribution in [2.45, 2.75) is 24.2 Å². The van der Waals surface area contributed by atoms with Gasteiger partial charge in [0.1, 0.15) is 16.8 Å². The maximum absolute atomic E-state index is 12.9. The molecule has 11 heteroatoms. The van der Waals surface area contributed by atoms with Crippen molar-refractivity contribution in [2.24, 2.45) is 0 Å². The second-order valence-corrected chi connectivity index (χ2v) is 8.53. The molecule has 1 saturated heterocycles. The van der Waals surface area contributed by atoms with E-state index in [1.807, 2.05) is 0 Å². The predicted octanol–water partition coefficient (Wildman–Crippen LogP) is 3.07. The summed E-state index contributed by atoms with van der Waals surface area (Å²) in [5.41, 5.74) is -0.391. The molecular weight excluding hydrogens is 408 g/mol. The number of carbonyl (C=O) groups is 1. The fourth-order valence-corrected chi connectivity index (χ4v) is 4.94. The van der Waals surface area contributed by atoms with Crippen LogP contribution in [-0.4, -0.2) is 41.6 Å². The molecule has 0 bridgehead atoms. The van der Waals surface area contributed by atoms with Gasteiger partial charge in [0.2, 0.25) is 10.0 Å². The number of carbonyl (C=O) groups excluding carboxylic acids is 1. The summed E-state index contributed by atoms with van der Waals surface area (Å²) in [6.45, 7) is 0.802. The number of hydrogen-bond donors (Lipinski definition) is 1. The molecule has 0 aliphatic carbocycles.